The third-order valence-electron chi connectivity index (χ3n) is 4.61. The van der Waals surface area contributed by atoms with E-state index in [1.54, 1.807) is 56.8 Å². The minimum Gasteiger partial charge on any atom is -0.497 e. The van der Waals surface area contributed by atoms with Gasteiger partial charge in [0.1, 0.15) is 35.3 Å². The maximum Gasteiger partial charge on any atom is 0.323 e. The van der Waals surface area contributed by atoms with Crippen LogP contribution in [0.4, 0.5) is 39.3 Å². The van der Waals surface area contributed by atoms with E-state index in [-0.39, 0.29) is 0 Å². The molecule has 2 amide bonds. The van der Waals surface area contributed by atoms with Crippen molar-refractivity contribution in [2.45, 2.75) is 0 Å². The number of hydrogen-bond acceptors (Lipinski definition) is 8. The Balaban J connectivity index is 1.35. The zero-order valence-corrected chi connectivity index (χ0v) is 18.6. The number of pyridine rings is 1. The minimum atomic E-state index is -0.392. The summed E-state index contributed by atoms with van der Waals surface area (Å²) in [4.78, 5) is 25.1. The van der Waals surface area contributed by atoms with E-state index >= 15 is 0 Å². The smallest absolute Gasteiger partial charge is 0.323 e. The average molecular weight is 457 g/mol. The van der Waals surface area contributed by atoms with Gasteiger partial charge in [0.05, 0.1) is 14.2 Å². The second-order valence-electron chi connectivity index (χ2n) is 7.01. The van der Waals surface area contributed by atoms with Gasteiger partial charge in [0.15, 0.2) is 0 Å². The fourth-order valence-electron chi connectivity index (χ4n) is 3.02. The Morgan fingerprint density at radius 1 is 0.676 bits per heavy atom. The number of benzene rings is 2. The van der Waals surface area contributed by atoms with Gasteiger partial charge in [0, 0.05) is 47.5 Å². The first-order valence-electron chi connectivity index (χ1n) is 10.3. The van der Waals surface area contributed by atoms with Crippen molar-refractivity contribution in [3.8, 4) is 11.5 Å². The van der Waals surface area contributed by atoms with Crippen LogP contribution in [0.2, 0.25) is 0 Å². The van der Waals surface area contributed by atoms with Crippen molar-refractivity contribution in [3.63, 3.8) is 0 Å². The molecule has 0 bridgehead atoms. The van der Waals surface area contributed by atoms with E-state index in [9.17, 15) is 4.79 Å². The Bertz CT molecular complexity index is 1230. The molecule has 4 N–H and O–H groups in total. The number of nitrogens with zero attached hydrogens (tertiary/aromatic N) is 3. The van der Waals surface area contributed by atoms with Gasteiger partial charge >= 0.3 is 6.03 Å². The van der Waals surface area contributed by atoms with E-state index in [1.807, 2.05) is 30.3 Å². The molecule has 0 unspecified atom stereocenters. The lowest BCUT2D eigenvalue weighted by molar-refractivity contribution is 0.262. The molecule has 0 saturated carbocycles. The highest BCUT2D eigenvalue weighted by Crippen LogP contribution is 2.26. The molecular weight excluding hydrogens is 434 g/mol. The van der Waals surface area contributed by atoms with Crippen LogP contribution in [0.5, 0.6) is 11.5 Å². The molecule has 0 aliphatic heterocycles. The second kappa shape index (κ2) is 10.6. The maximum absolute atomic E-state index is 12.4. The van der Waals surface area contributed by atoms with Crippen molar-refractivity contribution >= 4 is 40.5 Å². The lowest BCUT2D eigenvalue weighted by atomic mass is 10.2. The highest BCUT2D eigenvalue weighted by atomic mass is 16.5. The zero-order valence-electron chi connectivity index (χ0n) is 18.6. The van der Waals surface area contributed by atoms with Gasteiger partial charge in [0.2, 0.25) is 0 Å². The number of rotatable bonds is 8. The number of urea groups is 1. The van der Waals surface area contributed by atoms with Crippen molar-refractivity contribution in [3.05, 3.63) is 79.3 Å². The molecule has 0 aliphatic rings. The first-order chi connectivity index (χ1) is 16.6. The van der Waals surface area contributed by atoms with Gasteiger partial charge in [-0.15, -0.1) is 0 Å². The predicted octanol–water partition coefficient (Wildman–Crippen LogP) is 5.02. The second-order valence-corrected chi connectivity index (χ2v) is 7.01. The summed E-state index contributed by atoms with van der Waals surface area (Å²) in [5.41, 5.74) is 1.97. The molecule has 0 fully saturated rings. The summed E-state index contributed by atoms with van der Waals surface area (Å²) in [6.45, 7) is 0. The third-order valence-corrected chi connectivity index (χ3v) is 4.61. The van der Waals surface area contributed by atoms with E-state index < -0.39 is 6.03 Å². The Hall–Kier alpha value is -4.86. The molecule has 2 aromatic heterocycles. The lowest BCUT2D eigenvalue weighted by Crippen LogP contribution is -2.19. The fourth-order valence-corrected chi connectivity index (χ4v) is 3.02. The molecule has 0 radical (unpaired) electrons. The lowest BCUT2D eigenvalue weighted by Gasteiger charge is -2.12. The first-order valence-corrected chi connectivity index (χ1v) is 10.3. The summed E-state index contributed by atoms with van der Waals surface area (Å²) in [6.07, 6.45) is 3.16. The number of aromatic nitrogens is 3. The number of nitrogens with one attached hydrogen (secondary N) is 4. The SMILES string of the molecule is COc1cc(NC(=O)Nc2ccc(Nc3cc(Nc4ccccn4)ncn3)cc2)cc(OC)c1. The summed E-state index contributed by atoms with van der Waals surface area (Å²) >= 11 is 0. The van der Waals surface area contributed by atoms with E-state index in [4.69, 9.17) is 9.47 Å². The Morgan fingerprint density at radius 3 is 1.97 bits per heavy atom. The molecule has 2 heterocycles. The summed E-state index contributed by atoms with van der Waals surface area (Å²) in [5, 5.41) is 11.9. The molecule has 0 spiro atoms. The van der Waals surface area contributed by atoms with Crippen molar-refractivity contribution in [2.24, 2.45) is 0 Å². The summed E-state index contributed by atoms with van der Waals surface area (Å²) in [7, 11) is 3.10. The van der Waals surface area contributed by atoms with Gasteiger partial charge in [-0.25, -0.2) is 19.7 Å². The van der Waals surface area contributed by atoms with Crippen LogP contribution in [0.25, 0.3) is 0 Å². The van der Waals surface area contributed by atoms with Crippen LogP contribution in [0, 0.1) is 0 Å². The summed E-state index contributed by atoms with van der Waals surface area (Å²) < 4.78 is 10.4. The number of carbonyl (C=O) groups excluding carboxylic acids is 1. The van der Waals surface area contributed by atoms with Crippen molar-refractivity contribution in [1.82, 2.24) is 15.0 Å². The molecular formula is C24H23N7O3. The van der Waals surface area contributed by atoms with E-state index in [2.05, 4.69) is 36.2 Å². The largest absolute Gasteiger partial charge is 0.497 e. The average Bonchev–Trinajstić information content (AvgIpc) is 2.86. The van der Waals surface area contributed by atoms with Crippen LogP contribution in [0.1, 0.15) is 0 Å². The number of carbonyl (C=O) groups is 1. The van der Waals surface area contributed by atoms with Gasteiger partial charge in [-0.3, -0.25) is 0 Å². The number of methoxy groups -OCH3 is 2. The van der Waals surface area contributed by atoms with Gasteiger partial charge in [-0.1, -0.05) is 6.07 Å². The number of anilines is 6. The third kappa shape index (κ3) is 6.10. The number of amides is 2. The standard InChI is InChI=1S/C24H23N7O3/c1-33-19-11-18(12-20(13-19)34-2)30-24(32)29-17-8-6-16(7-9-17)28-22-14-23(27-15-26-22)31-21-5-3-4-10-25-21/h3-15H,1-2H3,(H2,29,30,32)(H2,25,26,27,28,31). The molecule has 0 saturated heterocycles. The first kappa shape index (κ1) is 22.3. The van der Waals surface area contributed by atoms with Crippen molar-refractivity contribution in [1.29, 1.82) is 0 Å². The fraction of sp³-hybridized carbons (Fsp3) is 0.0833. The van der Waals surface area contributed by atoms with Crippen LogP contribution < -0.4 is 30.7 Å². The van der Waals surface area contributed by atoms with E-state index in [0.717, 1.165) is 5.69 Å². The summed E-state index contributed by atoms with van der Waals surface area (Å²) in [6, 6.07) is 19.3. The molecule has 10 nitrogen and oxygen atoms in total. The van der Waals surface area contributed by atoms with Gasteiger partial charge in [-0.05, 0) is 36.4 Å². The predicted molar refractivity (Wildman–Crippen MR) is 131 cm³/mol. The van der Waals surface area contributed by atoms with Crippen LogP contribution in [-0.4, -0.2) is 35.2 Å². The normalized spacial score (nSPS) is 10.2. The van der Waals surface area contributed by atoms with Gasteiger partial charge < -0.3 is 30.7 Å². The van der Waals surface area contributed by atoms with E-state index in [1.165, 1.54) is 6.33 Å². The van der Waals surface area contributed by atoms with Crippen LogP contribution in [0.3, 0.4) is 0 Å². The quantitative estimate of drug-likeness (QED) is 0.291. The van der Waals surface area contributed by atoms with Crippen LogP contribution in [0.15, 0.2) is 79.3 Å². The molecule has 4 aromatic rings. The monoisotopic (exact) mass is 457 g/mol. The van der Waals surface area contributed by atoms with Gasteiger partial charge in [-0.2, -0.15) is 0 Å². The Morgan fingerprint density at radius 2 is 1.32 bits per heavy atom. The highest BCUT2D eigenvalue weighted by Gasteiger charge is 2.07. The van der Waals surface area contributed by atoms with Crippen LogP contribution in [-0.2, 0) is 0 Å². The minimum absolute atomic E-state index is 0.392. The zero-order chi connectivity index (χ0) is 23.8. The maximum atomic E-state index is 12.4. The van der Waals surface area contributed by atoms with E-state index in [0.29, 0.717) is 40.3 Å². The van der Waals surface area contributed by atoms with Crippen LogP contribution >= 0.6 is 0 Å². The Labute approximate surface area is 196 Å². The molecule has 0 atom stereocenters. The Kier molecular flexibility index (Phi) is 6.99. The highest BCUT2D eigenvalue weighted by molar-refractivity contribution is 6.00. The summed E-state index contributed by atoms with van der Waals surface area (Å²) in [5.74, 6) is 3.06. The number of hydrogen-bond donors (Lipinski definition) is 4. The topological polar surface area (TPSA) is 122 Å². The molecule has 10 heteroatoms. The molecule has 0 aliphatic carbocycles. The van der Waals surface area contributed by atoms with Gasteiger partial charge in [0.25, 0.3) is 0 Å². The van der Waals surface area contributed by atoms with Crippen molar-refractivity contribution in [2.75, 3.05) is 35.5 Å². The number of ether oxygens (including phenoxy) is 2. The molecule has 2 aromatic carbocycles. The molecule has 34 heavy (non-hydrogen) atoms. The van der Waals surface area contributed by atoms with Crippen molar-refractivity contribution < 1.29 is 14.3 Å². The molecule has 4 rings (SSSR count). The molecule has 172 valence electrons.